The maximum atomic E-state index is 12.0. The van der Waals surface area contributed by atoms with E-state index in [4.69, 9.17) is 11.5 Å². The second-order valence-corrected chi connectivity index (χ2v) is 8.72. The van der Waals surface area contributed by atoms with Crippen molar-refractivity contribution in [3.8, 4) is 6.07 Å². The highest BCUT2D eigenvalue weighted by atomic mass is 16.1. The van der Waals surface area contributed by atoms with Gasteiger partial charge in [0, 0.05) is 31.0 Å². The summed E-state index contributed by atoms with van der Waals surface area (Å²) in [5.74, 6) is 0.599. The van der Waals surface area contributed by atoms with E-state index in [9.17, 15) is 10.1 Å². The van der Waals surface area contributed by atoms with Gasteiger partial charge in [0.15, 0.2) is 0 Å². The average molecular weight is 422 g/mol. The smallest absolute Gasteiger partial charge is 0.254 e. The number of hydrogen-bond donors (Lipinski definition) is 3. The minimum absolute atomic E-state index is 0.0744. The number of nitriles is 1. The van der Waals surface area contributed by atoms with Crippen molar-refractivity contribution in [2.75, 3.05) is 23.3 Å². The van der Waals surface area contributed by atoms with Gasteiger partial charge < -0.3 is 21.7 Å². The Balaban J connectivity index is 2.05. The van der Waals surface area contributed by atoms with Gasteiger partial charge in [0.2, 0.25) is 5.95 Å². The van der Waals surface area contributed by atoms with E-state index in [2.05, 4.69) is 49.0 Å². The van der Waals surface area contributed by atoms with E-state index in [0.717, 1.165) is 36.2 Å². The van der Waals surface area contributed by atoms with E-state index in [-0.39, 0.29) is 23.4 Å². The molecule has 8 nitrogen and oxygen atoms in total. The van der Waals surface area contributed by atoms with Gasteiger partial charge in [-0.1, -0.05) is 27.7 Å². The van der Waals surface area contributed by atoms with E-state index in [0.29, 0.717) is 23.9 Å². The number of piperidine rings is 1. The molecule has 0 radical (unpaired) electrons. The Labute approximate surface area is 183 Å². The van der Waals surface area contributed by atoms with Crippen LogP contribution in [0.1, 0.15) is 79.4 Å². The summed E-state index contributed by atoms with van der Waals surface area (Å²) >= 11 is 0. The Hall–Kier alpha value is -3.18. The van der Waals surface area contributed by atoms with Crippen LogP contribution in [0.3, 0.4) is 0 Å². The van der Waals surface area contributed by atoms with Crippen LogP contribution in [0.2, 0.25) is 0 Å². The fraction of sp³-hybridized carbons (Fsp3) is 0.478. The van der Waals surface area contributed by atoms with Crippen LogP contribution in [0.15, 0.2) is 18.3 Å². The third kappa shape index (κ3) is 4.94. The number of nitrogens with two attached hydrogens (primary N) is 2. The lowest BCUT2D eigenvalue weighted by Gasteiger charge is -2.31. The van der Waals surface area contributed by atoms with Crippen LogP contribution in [-0.4, -0.2) is 35.0 Å². The second kappa shape index (κ2) is 9.31. The molecule has 2 aromatic rings. The Morgan fingerprint density at radius 3 is 2.42 bits per heavy atom. The molecule has 0 spiro atoms. The fourth-order valence-electron chi connectivity index (χ4n) is 3.93. The molecule has 31 heavy (non-hydrogen) atoms. The molecular formula is C23H31N7O. The van der Waals surface area contributed by atoms with Crippen LogP contribution in [0, 0.1) is 11.3 Å². The lowest BCUT2D eigenvalue weighted by molar-refractivity contribution is 0.100. The minimum atomic E-state index is -0.605. The van der Waals surface area contributed by atoms with Crippen molar-refractivity contribution in [2.45, 2.75) is 58.4 Å². The molecule has 1 fully saturated rings. The van der Waals surface area contributed by atoms with E-state index in [1.807, 2.05) is 17.0 Å². The van der Waals surface area contributed by atoms with Crippen LogP contribution >= 0.6 is 0 Å². The zero-order valence-electron chi connectivity index (χ0n) is 18.6. The molecule has 1 aromatic heterocycles. The summed E-state index contributed by atoms with van der Waals surface area (Å²) in [6.45, 7) is 9.71. The molecule has 0 bridgehead atoms. The van der Waals surface area contributed by atoms with Gasteiger partial charge in [-0.05, 0) is 47.9 Å². The molecule has 1 amide bonds. The van der Waals surface area contributed by atoms with Gasteiger partial charge in [0.05, 0.1) is 11.6 Å². The van der Waals surface area contributed by atoms with E-state index in [1.54, 1.807) is 0 Å². The number of nitrogens with zero attached hydrogens (tertiary/aromatic N) is 4. The largest absolute Gasteiger partial charge is 0.365 e. The summed E-state index contributed by atoms with van der Waals surface area (Å²) in [7, 11) is 0. The molecule has 3 rings (SSSR count). The molecular weight excluding hydrogens is 390 g/mol. The number of nitrogens with one attached hydrogen (secondary N) is 1. The van der Waals surface area contributed by atoms with Gasteiger partial charge in [-0.25, -0.2) is 4.98 Å². The summed E-state index contributed by atoms with van der Waals surface area (Å²) in [5.41, 5.74) is 15.3. The molecule has 0 aliphatic carbocycles. The van der Waals surface area contributed by atoms with Crippen LogP contribution in [0.25, 0.3) is 0 Å². The Morgan fingerprint density at radius 2 is 1.90 bits per heavy atom. The average Bonchev–Trinajstić information content (AvgIpc) is 2.72. The molecule has 2 heterocycles. The third-order valence-corrected chi connectivity index (χ3v) is 5.60. The number of rotatable bonds is 6. The monoisotopic (exact) mass is 421 g/mol. The second-order valence-electron chi connectivity index (χ2n) is 8.72. The van der Waals surface area contributed by atoms with Crippen LogP contribution in [0.5, 0.6) is 0 Å². The van der Waals surface area contributed by atoms with Crippen molar-refractivity contribution in [1.29, 1.82) is 5.26 Å². The molecule has 8 heteroatoms. The maximum Gasteiger partial charge on any atom is 0.254 e. The summed E-state index contributed by atoms with van der Waals surface area (Å²) in [6.07, 6.45) is 3.40. The summed E-state index contributed by atoms with van der Waals surface area (Å²) in [5, 5.41) is 13.0. The van der Waals surface area contributed by atoms with Gasteiger partial charge >= 0.3 is 0 Å². The maximum absolute atomic E-state index is 12.0. The van der Waals surface area contributed by atoms with Gasteiger partial charge in [-0.2, -0.15) is 10.2 Å². The number of primary amides is 1. The van der Waals surface area contributed by atoms with Gasteiger partial charge in [-0.3, -0.25) is 4.79 Å². The van der Waals surface area contributed by atoms with E-state index >= 15 is 0 Å². The number of carbonyl (C=O) groups excluding carboxylic acids is 1. The summed E-state index contributed by atoms with van der Waals surface area (Å²) < 4.78 is 0. The molecule has 1 saturated heterocycles. The Bertz CT molecular complexity index is 980. The lowest BCUT2D eigenvalue weighted by Crippen LogP contribution is -2.43. The van der Waals surface area contributed by atoms with Crippen molar-refractivity contribution in [1.82, 2.24) is 9.97 Å². The van der Waals surface area contributed by atoms with Crippen molar-refractivity contribution in [3.05, 3.63) is 40.6 Å². The molecule has 1 aliphatic rings. The normalized spacial score (nSPS) is 16.5. The molecule has 1 atom stereocenters. The third-order valence-electron chi connectivity index (χ3n) is 5.60. The van der Waals surface area contributed by atoms with Crippen LogP contribution in [-0.2, 0) is 0 Å². The van der Waals surface area contributed by atoms with Gasteiger partial charge in [0.25, 0.3) is 5.91 Å². The number of benzene rings is 1. The van der Waals surface area contributed by atoms with Crippen molar-refractivity contribution in [2.24, 2.45) is 11.5 Å². The van der Waals surface area contributed by atoms with Gasteiger partial charge in [-0.15, -0.1) is 0 Å². The predicted molar refractivity (Wildman–Crippen MR) is 123 cm³/mol. The first-order valence-electron chi connectivity index (χ1n) is 10.7. The van der Waals surface area contributed by atoms with E-state index < -0.39 is 5.91 Å². The first-order chi connectivity index (χ1) is 14.7. The lowest BCUT2D eigenvalue weighted by atomic mass is 9.88. The highest BCUT2D eigenvalue weighted by molar-refractivity contribution is 5.98. The Kier molecular flexibility index (Phi) is 6.76. The fourth-order valence-corrected chi connectivity index (χ4v) is 3.93. The van der Waals surface area contributed by atoms with E-state index in [1.165, 1.54) is 6.20 Å². The number of hydrogen-bond acceptors (Lipinski definition) is 7. The zero-order valence-corrected chi connectivity index (χ0v) is 18.6. The standard InChI is InChI=1S/C23H31N7O/c1-13(2)17-8-16(9-18(14(3)4)19(17)10-24)28-22-20(21(26)31)11-27-23(29-22)30-7-5-6-15(25)12-30/h8-9,11,13-15H,5-7,12,25H2,1-4H3,(H2,26,31)(H,27,28,29)/t15-/m0/s1. The Morgan fingerprint density at radius 1 is 1.26 bits per heavy atom. The van der Waals surface area contributed by atoms with Crippen molar-refractivity contribution >= 4 is 23.4 Å². The first kappa shape index (κ1) is 22.5. The summed E-state index contributed by atoms with van der Waals surface area (Å²) in [6, 6.07) is 6.32. The predicted octanol–water partition coefficient (Wildman–Crippen LogP) is 3.37. The minimum Gasteiger partial charge on any atom is -0.365 e. The molecule has 164 valence electrons. The highest BCUT2D eigenvalue weighted by Gasteiger charge is 2.22. The quantitative estimate of drug-likeness (QED) is 0.651. The number of aromatic nitrogens is 2. The molecule has 1 aromatic carbocycles. The SMILES string of the molecule is CC(C)c1cc(Nc2nc(N3CCC[C@H](N)C3)ncc2C(N)=O)cc(C(C)C)c1C#N. The zero-order chi connectivity index (χ0) is 22.7. The van der Waals surface area contributed by atoms with Crippen LogP contribution in [0.4, 0.5) is 17.5 Å². The van der Waals surface area contributed by atoms with Crippen molar-refractivity contribution in [3.63, 3.8) is 0 Å². The number of anilines is 3. The van der Waals surface area contributed by atoms with Crippen molar-refractivity contribution < 1.29 is 4.79 Å². The molecule has 5 N–H and O–H groups in total. The number of carbonyl (C=O) groups is 1. The van der Waals surface area contributed by atoms with Gasteiger partial charge in [0.1, 0.15) is 11.4 Å². The number of amides is 1. The topological polar surface area (TPSA) is 134 Å². The molecule has 1 aliphatic heterocycles. The summed E-state index contributed by atoms with van der Waals surface area (Å²) in [4.78, 5) is 23.0. The van der Waals surface area contributed by atoms with Crippen LogP contribution < -0.4 is 21.7 Å². The molecule has 0 unspecified atom stereocenters. The highest BCUT2D eigenvalue weighted by Crippen LogP contribution is 2.32. The molecule has 0 saturated carbocycles. The first-order valence-corrected chi connectivity index (χ1v) is 10.7.